The molecule has 1 unspecified atom stereocenters. The molecule has 0 aliphatic carbocycles. The third kappa shape index (κ3) is 4.46. The third-order valence-corrected chi connectivity index (χ3v) is 4.26. The number of pyridine rings is 1. The molecule has 2 rings (SSSR count). The van der Waals surface area contributed by atoms with Crippen molar-refractivity contribution in [3.8, 4) is 0 Å². The molecule has 2 heterocycles. The van der Waals surface area contributed by atoms with Crippen molar-refractivity contribution in [3.05, 3.63) is 29.0 Å². The molecular formula is C15H23ClN3O+. The average molecular weight is 297 g/mol. The molecule has 1 fully saturated rings. The van der Waals surface area contributed by atoms with Gasteiger partial charge in [0.1, 0.15) is 5.15 Å². The molecular weight excluding hydrogens is 274 g/mol. The molecule has 5 heteroatoms. The van der Waals surface area contributed by atoms with Crippen LogP contribution in [0, 0.1) is 0 Å². The fourth-order valence-electron chi connectivity index (χ4n) is 2.75. The SMILES string of the molecule is C[C@H]1CCCC[NH+]1CCCNC(=O)c1ccc(Cl)nc1. The minimum atomic E-state index is -0.0733. The summed E-state index contributed by atoms with van der Waals surface area (Å²) in [4.78, 5) is 17.5. The molecule has 1 aromatic rings. The van der Waals surface area contributed by atoms with E-state index < -0.39 is 0 Å². The maximum atomic E-state index is 11.9. The summed E-state index contributed by atoms with van der Waals surface area (Å²) in [5.41, 5.74) is 0.563. The Kier molecular flexibility index (Phi) is 5.80. The van der Waals surface area contributed by atoms with Crippen molar-refractivity contribution in [3.63, 3.8) is 0 Å². The lowest BCUT2D eigenvalue weighted by Gasteiger charge is -2.30. The second kappa shape index (κ2) is 7.60. The van der Waals surface area contributed by atoms with Gasteiger partial charge in [0.25, 0.3) is 5.91 Å². The molecule has 0 aromatic carbocycles. The minimum Gasteiger partial charge on any atom is -0.352 e. The van der Waals surface area contributed by atoms with Crippen molar-refractivity contribution in [2.45, 2.75) is 38.6 Å². The maximum Gasteiger partial charge on any atom is 0.252 e. The number of hydrogen-bond donors (Lipinski definition) is 2. The summed E-state index contributed by atoms with van der Waals surface area (Å²) >= 11 is 5.70. The fraction of sp³-hybridized carbons (Fsp3) is 0.600. The van der Waals surface area contributed by atoms with Crippen molar-refractivity contribution in [1.29, 1.82) is 0 Å². The van der Waals surface area contributed by atoms with E-state index in [0.29, 0.717) is 10.7 Å². The lowest BCUT2D eigenvalue weighted by atomic mass is 10.0. The highest BCUT2D eigenvalue weighted by atomic mass is 35.5. The molecule has 0 bridgehead atoms. The summed E-state index contributed by atoms with van der Waals surface area (Å²) in [6.45, 7) is 5.46. The number of likely N-dealkylation sites (tertiary alicyclic amines) is 1. The van der Waals surface area contributed by atoms with Gasteiger partial charge < -0.3 is 10.2 Å². The van der Waals surface area contributed by atoms with Crippen LogP contribution < -0.4 is 10.2 Å². The second-order valence-electron chi connectivity index (χ2n) is 5.53. The first-order valence-electron chi connectivity index (χ1n) is 7.41. The number of halogens is 1. The number of amides is 1. The number of quaternary nitrogens is 1. The van der Waals surface area contributed by atoms with E-state index in [1.165, 1.54) is 32.0 Å². The molecule has 2 atom stereocenters. The van der Waals surface area contributed by atoms with E-state index in [9.17, 15) is 4.79 Å². The number of carbonyl (C=O) groups is 1. The Labute approximate surface area is 125 Å². The van der Waals surface area contributed by atoms with Gasteiger partial charge in [-0.05, 0) is 38.3 Å². The molecule has 1 saturated heterocycles. The Morgan fingerprint density at radius 1 is 1.50 bits per heavy atom. The molecule has 20 heavy (non-hydrogen) atoms. The minimum absolute atomic E-state index is 0.0733. The van der Waals surface area contributed by atoms with E-state index >= 15 is 0 Å². The van der Waals surface area contributed by atoms with Crippen LogP contribution in [0.1, 0.15) is 43.0 Å². The molecule has 1 amide bonds. The molecule has 1 aliphatic heterocycles. The normalized spacial score (nSPS) is 22.5. The van der Waals surface area contributed by atoms with Crippen LogP contribution in [-0.4, -0.2) is 36.6 Å². The van der Waals surface area contributed by atoms with E-state index in [2.05, 4.69) is 17.2 Å². The Morgan fingerprint density at radius 3 is 3.05 bits per heavy atom. The van der Waals surface area contributed by atoms with Gasteiger partial charge in [0, 0.05) is 19.2 Å². The summed E-state index contributed by atoms with van der Waals surface area (Å²) in [7, 11) is 0. The quantitative estimate of drug-likeness (QED) is 0.636. The van der Waals surface area contributed by atoms with Crippen LogP contribution in [0.3, 0.4) is 0 Å². The van der Waals surface area contributed by atoms with E-state index in [1.54, 1.807) is 17.0 Å². The maximum absolute atomic E-state index is 11.9. The highest BCUT2D eigenvalue weighted by Gasteiger charge is 2.20. The van der Waals surface area contributed by atoms with Gasteiger partial charge in [-0.15, -0.1) is 0 Å². The number of carbonyl (C=O) groups excluding carboxylic acids is 1. The first kappa shape index (κ1) is 15.3. The second-order valence-corrected chi connectivity index (χ2v) is 5.92. The van der Waals surface area contributed by atoms with Gasteiger partial charge in [0.05, 0.1) is 24.7 Å². The van der Waals surface area contributed by atoms with Crippen LogP contribution in [0.2, 0.25) is 5.15 Å². The van der Waals surface area contributed by atoms with Crippen molar-refractivity contribution < 1.29 is 9.69 Å². The van der Waals surface area contributed by atoms with Gasteiger partial charge in [0.15, 0.2) is 0 Å². The Bertz CT molecular complexity index is 435. The van der Waals surface area contributed by atoms with Crippen molar-refractivity contribution in [1.82, 2.24) is 10.3 Å². The van der Waals surface area contributed by atoms with Crippen LogP contribution in [0.25, 0.3) is 0 Å². The molecule has 0 spiro atoms. The van der Waals surface area contributed by atoms with Crippen molar-refractivity contribution in [2.24, 2.45) is 0 Å². The molecule has 1 aromatic heterocycles. The smallest absolute Gasteiger partial charge is 0.252 e. The topological polar surface area (TPSA) is 46.4 Å². The van der Waals surface area contributed by atoms with Gasteiger partial charge in [-0.1, -0.05) is 11.6 Å². The average Bonchev–Trinajstić information content (AvgIpc) is 2.46. The largest absolute Gasteiger partial charge is 0.352 e. The zero-order valence-electron chi connectivity index (χ0n) is 12.0. The number of piperidine rings is 1. The van der Waals surface area contributed by atoms with Gasteiger partial charge >= 0.3 is 0 Å². The summed E-state index contributed by atoms with van der Waals surface area (Å²) in [5.74, 6) is -0.0733. The number of nitrogens with one attached hydrogen (secondary N) is 2. The zero-order chi connectivity index (χ0) is 14.4. The van der Waals surface area contributed by atoms with Gasteiger partial charge in [-0.2, -0.15) is 0 Å². The first-order valence-corrected chi connectivity index (χ1v) is 7.79. The molecule has 110 valence electrons. The number of aromatic nitrogens is 1. The summed E-state index contributed by atoms with van der Waals surface area (Å²) in [6, 6.07) is 4.10. The number of nitrogens with zero attached hydrogens (tertiary/aromatic N) is 1. The van der Waals surface area contributed by atoms with Gasteiger partial charge in [0.2, 0.25) is 0 Å². The highest BCUT2D eigenvalue weighted by molar-refractivity contribution is 6.29. The van der Waals surface area contributed by atoms with Gasteiger partial charge in [-0.25, -0.2) is 4.98 Å². The molecule has 1 aliphatic rings. The molecule has 0 radical (unpaired) electrons. The van der Waals surface area contributed by atoms with E-state index in [0.717, 1.165) is 25.6 Å². The number of hydrogen-bond acceptors (Lipinski definition) is 2. The number of rotatable bonds is 5. The molecule has 0 saturated carbocycles. The van der Waals surface area contributed by atoms with Crippen LogP contribution in [-0.2, 0) is 0 Å². The van der Waals surface area contributed by atoms with Crippen LogP contribution in [0.5, 0.6) is 0 Å². The summed E-state index contributed by atoms with van der Waals surface area (Å²) in [5, 5.41) is 3.34. The van der Waals surface area contributed by atoms with Crippen molar-refractivity contribution >= 4 is 17.5 Å². The van der Waals surface area contributed by atoms with E-state index in [-0.39, 0.29) is 5.91 Å². The van der Waals surface area contributed by atoms with Crippen LogP contribution in [0.15, 0.2) is 18.3 Å². The summed E-state index contributed by atoms with van der Waals surface area (Å²) < 4.78 is 0. The Morgan fingerprint density at radius 2 is 2.35 bits per heavy atom. The monoisotopic (exact) mass is 296 g/mol. The third-order valence-electron chi connectivity index (χ3n) is 4.03. The lowest BCUT2D eigenvalue weighted by molar-refractivity contribution is -0.928. The Balaban J connectivity index is 1.67. The van der Waals surface area contributed by atoms with Crippen molar-refractivity contribution in [2.75, 3.05) is 19.6 Å². The van der Waals surface area contributed by atoms with E-state index in [1.807, 2.05) is 0 Å². The zero-order valence-corrected chi connectivity index (χ0v) is 12.7. The van der Waals surface area contributed by atoms with Crippen LogP contribution in [0.4, 0.5) is 0 Å². The molecule has 2 N–H and O–H groups in total. The first-order chi connectivity index (χ1) is 9.66. The predicted octanol–water partition coefficient (Wildman–Crippen LogP) is 1.31. The highest BCUT2D eigenvalue weighted by Crippen LogP contribution is 2.05. The fourth-order valence-corrected chi connectivity index (χ4v) is 2.87. The van der Waals surface area contributed by atoms with Crippen LogP contribution >= 0.6 is 11.6 Å². The lowest BCUT2D eigenvalue weighted by Crippen LogP contribution is -3.16. The molecule has 4 nitrogen and oxygen atoms in total. The van der Waals surface area contributed by atoms with Gasteiger partial charge in [-0.3, -0.25) is 4.79 Å². The Hall–Kier alpha value is -1.13. The van der Waals surface area contributed by atoms with E-state index in [4.69, 9.17) is 11.6 Å². The predicted molar refractivity (Wildman–Crippen MR) is 80.2 cm³/mol. The summed E-state index contributed by atoms with van der Waals surface area (Å²) in [6.07, 6.45) is 6.56. The standard InChI is InChI=1S/C15H22ClN3O/c1-12-5-2-3-9-19(12)10-4-8-17-15(20)13-6-7-14(16)18-11-13/h6-7,11-12H,2-5,8-10H2,1H3,(H,17,20)/p+1/t12-/m0/s1.